The third kappa shape index (κ3) is 5.07. The van der Waals surface area contributed by atoms with Crippen molar-refractivity contribution in [2.75, 3.05) is 20.3 Å². The number of carboxylic acids is 1. The molecule has 0 radical (unpaired) electrons. The molecular weight excluding hydrogens is 436 g/mol. The summed E-state index contributed by atoms with van der Waals surface area (Å²) in [4.78, 5) is 36.9. The Kier molecular flexibility index (Phi) is 6.88. The standard InChI is InChI=1S/C26H30N2O6/c1-26(13-23(29)30,16-11-12-16)28-24(31)22(15-33-2)27-25(32)34-14-21-19-9-5-3-7-17(19)18-8-4-6-10-20(18)21/h3-10,16,21-22H,11-15H2,1-2H3,(H,27,32)(H,28,31)(H,29,30)/t22-,26?/m0/s1. The molecule has 0 bridgehead atoms. The maximum absolute atomic E-state index is 12.9. The van der Waals surface area contributed by atoms with Crippen molar-refractivity contribution in [3.8, 4) is 11.1 Å². The van der Waals surface area contributed by atoms with E-state index in [9.17, 15) is 19.5 Å². The molecule has 1 fully saturated rings. The number of carboxylic acid groups (broad SMARTS) is 1. The van der Waals surface area contributed by atoms with Crippen LogP contribution in [0.15, 0.2) is 48.5 Å². The minimum Gasteiger partial charge on any atom is -0.481 e. The van der Waals surface area contributed by atoms with Crippen molar-refractivity contribution in [1.82, 2.24) is 10.6 Å². The van der Waals surface area contributed by atoms with Crippen LogP contribution < -0.4 is 10.6 Å². The molecule has 0 aliphatic heterocycles. The summed E-state index contributed by atoms with van der Waals surface area (Å²) in [6.45, 7) is 1.79. The quantitative estimate of drug-likeness (QED) is 0.495. The van der Waals surface area contributed by atoms with Gasteiger partial charge in [0.2, 0.25) is 5.91 Å². The predicted octanol–water partition coefficient (Wildman–Crippen LogP) is 3.30. The predicted molar refractivity (Wildman–Crippen MR) is 125 cm³/mol. The SMILES string of the molecule is COC[C@H](NC(=O)OCC1c2ccccc2-c2ccccc21)C(=O)NC(C)(CC(=O)O)C1CC1. The smallest absolute Gasteiger partial charge is 0.407 e. The van der Waals surface area contributed by atoms with E-state index in [1.165, 1.54) is 7.11 Å². The first-order valence-corrected chi connectivity index (χ1v) is 11.5. The Balaban J connectivity index is 1.40. The van der Waals surface area contributed by atoms with E-state index in [1.54, 1.807) is 6.92 Å². The number of carbonyl (C=O) groups excluding carboxylic acids is 2. The zero-order valence-corrected chi connectivity index (χ0v) is 19.4. The monoisotopic (exact) mass is 466 g/mol. The molecule has 2 aromatic rings. The van der Waals surface area contributed by atoms with Gasteiger partial charge >= 0.3 is 12.1 Å². The molecule has 8 heteroatoms. The van der Waals surface area contributed by atoms with E-state index in [0.717, 1.165) is 35.1 Å². The average Bonchev–Trinajstić information content (AvgIpc) is 3.61. The second-order valence-electron chi connectivity index (χ2n) is 9.23. The van der Waals surface area contributed by atoms with Crippen LogP contribution in [-0.2, 0) is 19.1 Å². The summed E-state index contributed by atoms with van der Waals surface area (Å²) in [7, 11) is 1.43. The summed E-state index contributed by atoms with van der Waals surface area (Å²) in [6, 6.07) is 15.1. The van der Waals surface area contributed by atoms with Crippen molar-refractivity contribution in [2.45, 2.75) is 43.7 Å². The van der Waals surface area contributed by atoms with Gasteiger partial charge in [0.25, 0.3) is 0 Å². The van der Waals surface area contributed by atoms with Crippen LogP contribution in [-0.4, -0.2) is 55.0 Å². The molecule has 180 valence electrons. The van der Waals surface area contributed by atoms with E-state index in [0.29, 0.717) is 0 Å². The normalized spacial score (nSPS) is 17.1. The van der Waals surface area contributed by atoms with Crippen molar-refractivity contribution in [3.63, 3.8) is 0 Å². The molecule has 2 amide bonds. The third-order valence-electron chi connectivity index (χ3n) is 6.69. The van der Waals surface area contributed by atoms with Crippen LogP contribution in [0.25, 0.3) is 11.1 Å². The molecule has 2 aliphatic carbocycles. The molecule has 2 atom stereocenters. The lowest BCUT2D eigenvalue weighted by Gasteiger charge is -2.31. The topological polar surface area (TPSA) is 114 Å². The summed E-state index contributed by atoms with van der Waals surface area (Å²) in [6.07, 6.45) is 0.802. The van der Waals surface area contributed by atoms with Crippen LogP contribution in [0.4, 0.5) is 4.79 Å². The van der Waals surface area contributed by atoms with Crippen molar-refractivity contribution < 1.29 is 29.0 Å². The fourth-order valence-corrected chi connectivity index (χ4v) is 4.83. The number of amides is 2. The molecule has 4 rings (SSSR count). The minimum atomic E-state index is -1.01. The van der Waals surface area contributed by atoms with Crippen molar-refractivity contribution in [1.29, 1.82) is 0 Å². The highest BCUT2D eigenvalue weighted by atomic mass is 16.5. The number of methoxy groups -OCH3 is 1. The van der Waals surface area contributed by atoms with Gasteiger partial charge in [0.15, 0.2) is 0 Å². The van der Waals surface area contributed by atoms with Crippen molar-refractivity contribution in [2.24, 2.45) is 5.92 Å². The third-order valence-corrected chi connectivity index (χ3v) is 6.69. The largest absolute Gasteiger partial charge is 0.481 e. The molecule has 1 saturated carbocycles. The lowest BCUT2D eigenvalue weighted by molar-refractivity contribution is -0.139. The fraction of sp³-hybridized carbons (Fsp3) is 0.423. The van der Waals surface area contributed by atoms with Crippen LogP contribution in [0.3, 0.4) is 0 Å². The molecular formula is C26H30N2O6. The second kappa shape index (κ2) is 9.85. The Morgan fingerprint density at radius 2 is 1.65 bits per heavy atom. The number of carbonyl (C=O) groups is 3. The molecule has 34 heavy (non-hydrogen) atoms. The Hall–Kier alpha value is -3.39. The second-order valence-corrected chi connectivity index (χ2v) is 9.23. The Morgan fingerprint density at radius 3 is 2.18 bits per heavy atom. The number of ether oxygens (including phenoxy) is 2. The first-order valence-electron chi connectivity index (χ1n) is 11.5. The average molecular weight is 467 g/mol. The van der Waals surface area contributed by atoms with Gasteiger partial charge in [-0.2, -0.15) is 0 Å². The summed E-state index contributed by atoms with van der Waals surface area (Å²) >= 11 is 0. The van der Waals surface area contributed by atoms with Crippen LogP contribution in [0, 0.1) is 5.92 Å². The van der Waals surface area contributed by atoms with Gasteiger partial charge in [-0.25, -0.2) is 4.79 Å². The van der Waals surface area contributed by atoms with E-state index in [2.05, 4.69) is 22.8 Å². The highest BCUT2D eigenvalue weighted by Crippen LogP contribution is 2.44. The lowest BCUT2D eigenvalue weighted by Crippen LogP contribution is -2.57. The number of alkyl carbamates (subject to hydrolysis) is 1. The first kappa shape index (κ1) is 23.8. The summed E-state index contributed by atoms with van der Waals surface area (Å²) < 4.78 is 10.7. The highest BCUT2D eigenvalue weighted by molar-refractivity contribution is 5.87. The van der Waals surface area contributed by atoms with Gasteiger partial charge in [-0.1, -0.05) is 48.5 Å². The molecule has 2 aliphatic rings. The minimum absolute atomic E-state index is 0.0656. The van der Waals surface area contributed by atoms with Crippen LogP contribution in [0.5, 0.6) is 0 Å². The molecule has 0 aromatic heterocycles. The maximum atomic E-state index is 12.9. The number of hydrogen-bond donors (Lipinski definition) is 3. The summed E-state index contributed by atoms with van der Waals surface area (Å²) in [5.41, 5.74) is 3.56. The van der Waals surface area contributed by atoms with Crippen LogP contribution in [0.2, 0.25) is 0 Å². The number of aliphatic carboxylic acids is 1. The first-order chi connectivity index (χ1) is 16.3. The number of hydrogen-bond acceptors (Lipinski definition) is 5. The van der Waals surface area contributed by atoms with Crippen molar-refractivity contribution >= 4 is 18.0 Å². The van der Waals surface area contributed by atoms with Gasteiger partial charge in [-0.05, 0) is 47.9 Å². The molecule has 8 nitrogen and oxygen atoms in total. The summed E-state index contributed by atoms with van der Waals surface area (Å²) in [5.74, 6) is -1.47. The van der Waals surface area contributed by atoms with Gasteiger partial charge in [-0.15, -0.1) is 0 Å². The van der Waals surface area contributed by atoms with Gasteiger partial charge in [0.1, 0.15) is 12.6 Å². The van der Waals surface area contributed by atoms with Crippen LogP contribution in [0.1, 0.15) is 43.2 Å². The van der Waals surface area contributed by atoms with Crippen molar-refractivity contribution in [3.05, 3.63) is 59.7 Å². The molecule has 0 saturated heterocycles. The number of rotatable bonds is 10. The number of nitrogens with one attached hydrogen (secondary N) is 2. The Bertz CT molecular complexity index is 1040. The van der Waals surface area contributed by atoms with E-state index >= 15 is 0 Å². The maximum Gasteiger partial charge on any atom is 0.407 e. The van der Waals surface area contributed by atoms with E-state index in [1.807, 2.05) is 36.4 Å². The molecule has 2 aromatic carbocycles. The number of fused-ring (bicyclic) bond motifs is 3. The fourth-order valence-electron chi connectivity index (χ4n) is 4.83. The van der Waals surface area contributed by atoms with Crippen LogP contribution >= 0.6 is 0 Å². The molecule has 3 N–H and O–H groups in total. The van der Waals surface area contributed by atoms with Gasteiger partial charge in [-0.3, -0.25) is 9.59 Å². The molecule has 0 spiro atoms. The summed E-state index contributed by atoms with van der Waals surface area (Å²) in [5, 5.41) is 14.7. The Labute approximate surface area is 198 Å². The zero-order valence-electron chi connectivity index (χ0n) is 19.4. The van der Waals surface area contributed by atoms with E-state index < -0.39 is 29.6 Å². The van der Waals surface area contributed by atoms with Gasteiger partial charge < -0.3 is 25.2 Å². The van der Waals surface area contributed by atoms with Gasteiger partial charge in [0, 0.05) is 13.0 Å². The van der Waals surface area contributed by atoms with E-state index in [4.69, 9.17) is 9.47 Å². The lowest BCUT2D eigenvalue weighted by atomic mass is 9.91. The zero-order chi connectivity index (χ0) is 24.3. The van der Waals surface area contributed by atoms with E-state index in [-0.39, 0.29) is 31.5 Å². The molecule has 1 unspecified atom stereocenters. The number of benzene rings is 2. The van der Waals surface area contributed by atoms with Gasteiger partial charge in [0.05, 0.1) is 18.6 Å². The molecule has 0 heterocycles. The Morgan fingerprint density at radius 1 is 1.06 bits per heavy atom. The highest BCUT2D eigenvalue weighted by Gasteiger charge is 2.45.